The molecule has 1 atom stereocenters. The van der Waals surface area contributed by atoms with Gasteiger partial charge in [0.2, 0.25) is 10.0 Å². The van der Waals surface area contributed by atoms with Gasteiger partial charge in [-0.3, -0.25) is 0 Å². The zero-order valence-corrected chi connectivity index (χ0v) is 12.4. The SMILES string of the molecule is N#Cc1cccc(S(=O)(=O)NC(C#N)C2CCCCC2)c1. The van der Waals surface area contributed by atoms with Crippen molar-refractivity contribution in [2.45, 2.75) is 43.0 Å². The molecule has 5 nitrogen and oxygen atoms in total. The van der Waals surface area contributed by atoms with Gasteiger partial charge in [-0.2, -0.15) is 15.2 Å². The lowest BCUT2D eigenvalue weighted by Gasteiger charge is -2.26. The molecular formula is C15H17N3O2S. The van der Waals surface area contributed by atoms with Crippen LogP contribution in [0.25, 0.3) is 0 Å². The van der Waals surface area contributed by atoms with Crippen LogP contribution in [0.4, 0.5) is 0 Å². The van der Waals surface area contributed by atoms with Crippen molar-refractivity contribution >= 4 is 10.0 Å². The lowest BCUT2D eigenvalue weighted by molar-refractivity contribution is 0.324. The van der Waals surface area contributed by atoms with Crippen LogP contribution in [0.5, 0.6) is 0 Å². The molecule has 0 amide bonds. The summed E-state index contributed by atoms with van der Waals surface area (Å²) in [4.78, 5) is 0.0256. The molecule has 6 heteroatoms. The maximum Gasteiger partial charge on any atom is 0.241 e. The maximum atomic E-state index is 12.3. The Morgan fingerprint density at radius 2 is 1.90 bits per heavy atom. The van der Waals surface area contributed by atoms with Gasteiger partial charge in [-0.15, -0.1) is 0 Å². The van der Waals surface area contributed by atoms with Crippen molar-refractivity contribution in [2.75, 3.05) is 0 Å². The summed E-state index contributed by atoms with van der Waals surface area (Å²) >= 11 is 0. The van der Waals surface area contributed by atoms with Gasteiger partial charge in [0.05, 0.1) is 22.6 Å². The van der Waals surface area contributed by atoms with Crippen LogP contribution in [0.2, 0.25) is 0 Å². The lowest BCUT2D eigenvalue weighted by Crippen LogP contribution is -2.40. The molecule has 1 unspecified atom stereocenters. The fraction of sp³-hybridized carbons (Fsp3) is 0.467. The Balaban J connectivity index is 2.19. The van der Waals surface area contributed by atoms with E-state index in [9.17, 15) is 13.7 Å². The van der Waals surface area contributed by atoms with E-state index in [0.29, 0.717) is 0 Å². The van der Waals surface area contributed by atoms with Gasteiger partial charge in [-0.25, -0.2) is 8.42 Å². The highest BCUT2D eigenvalue weighted by Crippen LogP contribution is 2.27. The number of sulfonamides is 1. The van der Waals surface area contributed by atoms with E-state index < -0.39 is 16.1 Å². The standard InChI is InChI=1S/C15H17N3O2S/c16-10-12-5-4-8-14(9-12)21(19,20)18-15(11-17)13-6-2-1-3-7-13/h4-5,8-9,13,15,18H,1-3,6-7H2. The average Bonchev–Trinajstić information content (AvgIpc) is 2.53. The van der Waals surface area contributed by atoms with Crippen LogP contribution >= 0.6 is 0 Å². The van der Waals surface area contributed by atoms with Gasteiger partial charge in [0.1, 0.15) is 6.04 Å². The summed E-state index contributed by atoms with van der Waals surface area (Å²) in [6.07, 6.45) is 4.96. The molecule has 0 bridgehead atoms. The fourth-order valence-electron chi connectivity index (χ4n) is 2.66. The number of rotatable bonds is 4. The van der Waals surface area contributed by atoms with Gasteiger partial charge >= 0.3 is 0 Å². The zero-order valence-electron chi connectivity index (χ0n) is 11.6. The molecule has 1 aliphatic rings. The predicted molar refractivity (Wildman–Crippen MR) is 77.5 cm³/mol. The molecule has 21 heavy (non-hydrogen) atoms. The minimum Gasteiger partial charge on any atom is -0.207 e. The Kier molecular flexibility index (Phi) is 4.95. The van der Waals surface area contributed by atoms with Crippen molar-refractivity contribution in [2.24, 2.45) is 5.92 Å². The first-order valence-electron chi connectivity index (χ1n) is 6.99. The molecule has 0 spiro atoms. The Morgan fingerprint density at radius 3 is 2.52 bits per heavy atom. The van der Waals surface area contributed by atoms with E-state index in [4.69, 9.17) is 5.26 Å². The summed E-state index contributed by atoms with van der Waals surface area (Å²) in [5, 5.41) is 18.1. The molecule has 1 aromatic carbocycles. The molecule has 0 aromatic heterocycles. The number of nitrogens with one attached hydrogen (secondary N) is 1. The normalized spacial score (nSPS) is 17.6. The number of benzene rings is 1. The molecule has 2 rings (SSSR count). The summed E-state index contributed by atoms with van der Waals surface area (Å²) < 4.78 is 27.2. The Hall–Kier alpha value is -1.89. The van der Waals surface area contributed by atoms with Gasteiger partial charge in [0, 0.05) is 0 Å². The maximum absolute atomic E-state index is 12.3. The molecule has 1 saturated carbocycles. The monoisotopic (exact) mass is 303 g/mol. The van der Waals surface area contributed by atoms with E-state index in [2.05, 4.69) is 10.8 Å². The third-order valence-corrected chi connectivity index (χ3v) is 5.25. The first-order chi connectivity index (χ1) is 10.1. The van der Waals surface area contributed by atoms with Crippen molar-refractivity contribution in [1.82, 2.24) is 4.72 Å². The first kappa shape index (κ1) is 15.5. The van der Waals surface area contributed by atoms with Crippen LogP contribution < -0.4 is 4.72 Å². The quantitative estimate of drug-likeness (QED) is 0.923. The number of nitriles is 2. The molecule has 0 radical (unpaired) electrons. The second-order valence-corrected chi connectivity index (χ2v) is 6.98. The van der Waals surface area contributed by atoms with Crippen LogP contribution in [0, 0.1) is 28.6 Å². The van der Waals surface area contributed by atoms with Crippen LogP contribution in [0.3, 0.4) is 0 Å². The third kappa shape index (κ3) is 3.81. The molecular weight excluding hydrogens is 286 g/mol. The van der Waals surface area contributed by atoms with Crippen LogP contribution in [0.1, 0.15) is 37.7 Å². The van der Waals surface area contributed by atoms with E-state index >= 15 is 0 Å². The highest BCUT2D eigenvalue weighted by molar-refractivity contribution is 7.89. The second-order valence-electron chi connectivity index (χ2n) is 5.27. The van der Waals surface area contributed by atoms with Crippen molar-refractivity contribution in [3.8, 4) is 12.1 Å². The Bertz CT molecular complexity index is 680. The highest BCUT2D eigenvalue weighted by atomic mass is 32.2. The smallest absolute Gasteiger partial charge is 0.207 e. The van der Waals surface area contributed by atoms with Gasteiger partial charge in [0.15, 0.2) is 0 Å². The van der Waals surface area contributed by atoms with Crippen molar-refractivity contribution in [3.63, 3.8) is 0 Å². The number of nitrogens with zero attached hydrogens (tertiary/aromatic N) is 2. The minimum atomic E-state index is -3.78. The minimum absolute atomic E-state index is 0.0256. The molecule has 1 aliphatic carbocycles. The van der Waals surface area contributed by atoms with Crippen molar-refractivity contribution < 1.29 is 8.42 Å². The van der Waals surface area contributed by atoms with E-state index in [-0.39, 0.29) is 16.4 Å². The Morgan fingerprint density at radius 1 is 1.19 bits per heavy atom. The van der Waals surface area contributed by atoms with Crippen LogP contribution in [-0.4, -0.2) is 14.5 Å². The van der Waals surface area contributed by atoms with Crippen molar-refractivity contribution in [3.05, 3.63) is 29.8 Å². The zero-order chi connectivity index (χ0) is 15.3. The molecule has 0 heterocycles. The summed E-state index contributed by atoms with van der Waals surface area (Å²) in [6.45, 7) is 0. The van der Waals surface area contributed by atoms with Gasteiger partial charge in [-0.05, 0) is 37.0 Å². The largest absolute Gasteiger partial charge is 0.241 e. The summed E-state index contributed by atoms with van der Waals surface area (Å²) in [5.74, 6) is 0.0673. The molecule has 0 saturated heterocycles. The fourth-order valence-corrected chi connectivity index (χ4v) is 3.92. The molecule has 1 N–H and O–H groups in total. The highest BCUT2D eigenvalue weighted by Gasteiger charge is 2.28. The third-order valence-electron chi connectivity index (χ3n) is 3.82. The summed E-state index contributed by atoms with van der Waals surface area (Å²) in [7, 11) is -3.78. The summed E-state index contributed by atoms with van der Waals surface area (Å²) in [6, 6.07) is 9.09. The molecule has 1 aromatic rings. The number of hydrogen-bond donors (Lipinski definition) is 1. The molecule has 1 fully saturated rings. The van der Waals surface area contributed by atoms with E-state index in [1.165, 1.54) is 18.2 Å². The predicted octanol–water partition coefficient (Wildman–Crippen LogP) is 2.31. The van der Waals surface area contributed by atoms with E-state index in [1.54, 1.807) is 6.07 Å². The van der Waals surface area contributed by atoms with Crippen LogP contribution in [-0.2, 0) is 10.0 Å². The first-order valence-corrected chi connectivity index (χ1v) is 8.47. The molecule has 0 aliphatic heterocycles. The number of hydrogen-bond acceptors (Lipinski definition) is 4. The van der Waals surface area contributed by atoms with Gasteiger partial charge < -0.3 is 0 Å². The summed E-state index contributed by atoms with van der Waals surface area (Å²) in [5.41, 5.74) is 0.282. The second kappa shape index (κ2) is 6.71. The van der Waals surface area contributed by atoms with Crippen LogP contribution in [0.15, 0.2) is 29.2 Å². The van der Waals surface area contributed by atoms with E-state index in [0.717, 1.165) is 32.1 Å². The topological polar surface area (TPSA) is 93.8 Å². The van der Waals surface area contributed by atoms with Crippen molar-refractivity contribution in [1.29, 1.82) is 10.5 Å². The molecule has 110 valence electrons. The van der Waals surface area contributed by atoms with Gasteiger partial charge in [-0.1, -0.05) is 25.3 Å². The lowest BCUT2D eigenvalue weighted by atomic mass is 9.85. The van der Waals surface area contributed by atoms with Gasteiger partial charge in [0.25, 0.3) is 0 Å². The average molecular weight is 303 g/mol. The van der Waals surface area contributed by atoms with E-state index in [1.807, 2.05) is 6.07 Å². The Labute approximate surface area is 125 Å².